The molecule has 1 aliphatic heterocycles. The fourth-order valence-electron chi connectivity index (χ4n) is 2.89. The molecule has 1 fully saturated rings. The number of nitrogens with zero attached hydrogens (tertiary/aromatic N) is 1. The molecule has 1 saturated carbocycles. The van der Waals surface area contributed by atoms with E-state index in [0.717, 1.165) is 31.2 Å². The molecule has 0 aromatic heterocycles. The third-order valence-corrected chi connectivity index (χ3v) is 6.23. The molecule has 0 bridgehead atoms. The molecular formula is C15H21NO3S. The first-order chi connectivity index (χ1) is 9.31. The SMILES string of the molecule is CN(C1CCC1)S(=O)(=O)c1cccc2c1OC(C)(C)C2. The number of para-hydroxylation sites is 1. The summed E-state index contributed by atoms with van der Waals surface area (Å²) >= 11 is 0. The lowest BCUT2D eigenvalue weighted by Crippen LogP contribution is -2.41. The van der Waals surface area contributed by atoms with Crippen molar-refractivity contribution < 1.29 is 13.2 Å². The van der Waals surface area contributed by atoms with E-state index in [1.54, 1.807) is 13.1 Å². The highest BCUT2D eigenvalue weighted by atomic mass is 32.2. The summed E-state index contributed by atoms with van der Waals surface area (Å²) in [6, 6.07) is 5.56. The van der Waals surface area contributed by atoms with Gasteiger partial charge >= 0.3 is 0 Å². The zero-order chi connectivity index (χ0) is 14.5. The van der Waals surface area contributed by atoms with Gasteiger partial charge in [-0.1, -0.05) is 18.6 Å². The molecule has 1 aromatic carbocycles. The molecule has 1 aliphatic carbocycles. The lowest BCUT2D eigenvalue weighted by atomic mass is 9.94. The average Bonchev–Trinajstić information content (AvgIpc) is 2.59. The second-order valence-electron chi connectivity index (χ2n) is 6.39. The Bertz CT molecular complexity index is 633. The molecule has 1 heterocycles. The van der Waals surface area contributed by atoms with Gasteiger partial charge in [0.05, 0.1) is 0 Å². The molecule has 0 amide bonds. The normalized spacial score (nSPS) is 21.4. The van der Waals surface area contributed by atoms with Gasteiger partial charge in [0.25, 0.3) is 0 Å². The van der Waals surface area contributed by atoms with Gasteiger partial charge in [0.2, 0.25) is 10.0 Å². The van der Waals surface area contributed by atoms with Crippen LogP contribution in [0.25, 0.3) is 0 Å². The van der Waals surface area contributed by atoms with Crippen molar-refractivity contribution in [3.05, 3.63) is 23.8 Å². The lowest BCUT2D eigenvalue weighted by molar-refractivity contribution is 0.134. The van der Waals surface area contributed by atoms with Gasteiger partial charge in [-0.25, -0.2) is 8.42 Å². The zero-order valence-electron chi connectivity index (χ0n) is 12.2. The lowest BCUT2D eigenvalue weighted by Gasteiger charge is -2.34. The van der Waals surface area contributed by atoms with Crippen LogP contribution in [-0.4, -0.2) is 31.4 Å². The minimum absolute atomic E-state index is 0.144. The summed E-state index contributed by atoms with van der Waals surface area (Å²) in [7, 11) is -1.79. The summed E-state index contributed by atoms with van der Waals surface area (Å²) in [6.07, 6.45) is 3.77. The Hall–Kier alpha value is -1.07. The van der Waals surface area contributed by atoms with Crippen molar-refractivity contribution in [3.8, 4) is 5.75 Å². The fourth-order valence-corrected chi connectivity index (χ4v) is 4.46. The number of sulfonamides is 1. The van der Waals surface area contributed by atoms with Crippen LogP contribution in [0.2, 0.25) is 0 Å². The predicted molar refractivity (Wildman–Crippen MR) is 77.4 cm³/mol. The predicted octanol–water partition coefficient (Wildman–Crippen LogP) is 2.57. The summed E-state index contributed by atoms with van der Waals surface area (Å²) < 4.78 is 33.0. The highest BCUT2D eigenvalue weighted by Gasteiger charge is 2.38. The van der Waals surface area contributed by atoms with E-state index in [9.17, 15) is 8.42 Å². The van der Waals surface area contributed by atoms with Crippen LogP contribution in [0.15, 0.2) is 23.1 Å². The molecule has 4 nitrogen and oxygen atoms in total. The second kappa shape index (κ2) is 4.46. The summed E-state index contributed by atoms with van der Waals surface area (Å²) in [5.74, 6) is 0.545. The van der Waals surface area contributed by atoms with Crippen molar-refractivity contribution in [3.63, 3.8) is 0 Å². The highest BCUT2D eigenvalue weighted by molar-refractivity contribution is 7.89. The van der Waals surface area contributed by atoms with Gasteiger partial charge < -0.3 is 4.74 Å². The van der Waals surface area contributed by atoms with Crippen LogP contribution in [0.5, 0.6) is 5.75 Å². The molecule has 0 N–H and O–H groups in total. The van der Waals surface area contributed by atoms with Crippen molar-refractivity contribution in [1.82, 2.24) is 4.31 Å². The van der Waals surface area contributed by atoms with Gasteiger partial charge in [0, 0.05) is 19.5 Å². The van der Waals surface area contributed by atoms with E-state index in [1.807, 2.05) is 26.0 Å². The minimum Gasteiger partial charge on any atom is -0.486 e. The summed E-state index contributed by atoms with van der Waals surface area (Å²) in [5.41, 5.74) is 0.654. The smallest absolute Gasteiger partial charge is 0.246 e. The molecule has 5 heteroatoms. The standard InChI is InChI=1S/C15H21NO3S/c1-15(2)10-11-6-4-9-13(14(11)19-15)20(17,18)16(3)12-7-5-8-12/h4,6,9,12H,5,7-8,10H2,1-3H3. The molecule has 2 aliphatic rings. The molecule has 1 aromatic rings. The largest absolute Gasteiger partial charge is 0.486 e. The monoisotopic (exact) mass is 295 g/mol. The van der Waals surface area contributed by atoms with Gasteiger partial charge in [-0.2, -0.15) is 4.31 Å². The van der Waals surface area contributed by atoms with Crippen LogP contribution >= 0.6 is 0 Å². The summed E-state index contributed by atoms with van der Waals surface area (Å²) in [6.45, 7) is 3.97. The maximum Gasteiger partial charge on any atom is 0.246 e. The maximum absolute atomic E-state index is 12.8. The summed E-state index contributed by atoms with van der Waals surface area (Å²) in [5, 5.41) is 0. The van der Waals surface area contributed by atoms with Crippen LogP contribution in [-0.2, 0) is 16.4 Å². The van der Waals surface area contributed by atoms with Crippen LogP contribution < -0.4 is 4.74 Å². The molecule has 0 spiro atoms. The van der Waals surface area contributed by atoms with Crippen LogP contribution in [0, 0.1) is 0 Å². The number of hydrogen-bond acceptors (Lipinski definition) is 3. The molecule has 0 atom stereocenters. The summed E-state index contributed by atoms with van der Waals surface area (Å²) in [4.78, 5) is 0.315. The molecular weight excluding hydrogens is 274 g/mol. The van der Waals surface area contributed by atoms with E-state index in [0.29, 0.717) is 10.6 Å². The minimum atomic E-state index is -3.47. The van der Waals surface area contributed by atoms with E-state index in [1.165, 1.54) is 4.31 Å². The first-order valence-electron chi connectivity index (χ1n) is 7.10. The van der Waals surface area contributed by atoms with Crippen molar-refractivity contribution >= 4 is 10.0 Å². The first kappa shape index (κ1) is 13.9. The van der Waals surface area contributed by atoms with Crippen molar-refractivity contribution in [2.45, 2.75) is 56.1 Å². The third-order valence-electron chi connectivity index (χ3n) is 4.30. The Kier molecular flexibility index (Phi) is 3.10. The van der Waals surface area contributed by atoms with Crippen molar-refractivity contribution in [2.24, 2.45) is 0 Å². The van der Waals surface area contributed by atoms with Gasteiger partial charge in [0.15, 0.2) is 0 Å². The number of rotatable bonds is 3. The second-order valence-corrected chi connectivity index (χ2v) is 8.35. The number of hydrogen-bond donors (Lipinski definition) is 0. The molecule has 0 radical (unpaired) electrons. The Morgan fingerprint density at radius 1 is 1.30 bits per heavy atom. The topological polar surface area (TPSA) is 46.6 Å². The number of fused-ring (bicyclic) bond motifs is 1. The molecule has 0 unspecified atom stereocenters. The van der Waals surface area contributed by atoms with E-state index < -0.39 is 10.0 Å². The molecule has 110 valence electrons. The Morgan fingerprint density at radius 3 is 2.60 bits per heavy atom. The molecule has 3 rings (SSSR count). The van der Waals surface area contributed by atoms with Gasteiger partial charge in [-0.3, -0.25) is 0 Å². The quantitative estimate of drug-likeness (QED) is 0.861. The highest BCUT2D eigenvalue weighted by Crippen LogP contribution is 2.41. The van der Waals surface area contributed by atoms with Crippen LogP contribution in [0.4, 0.5) is 0 Å². The van der Waals surface area contributed by atoms with Crippen LogP contribution in [0.3, 0.4) is 0 Å². The fraction of sp³-hybridized carbons (Fsp3) is 0.600. The van der Waals surface area contributed by atoms with Gasteiger partial charge in [-0.05, 0) is 38.3 Å². The Morgan fingerprint density at radius 2 is 2.00 bits per heavy atom. The van der Waals surface area contributed by atoms with E-state index in [-0.39, 0.29) is 11.6 Å². The maximum atomic E-state index is 12.8. The first-order valence-corrected chi connectivity index (χ1v) is 8.54. The van der Waals surface area contributed by atoms with Crippen molar-refractivity contribution in [1.29, 1.82) is 0 Å². The van der Waals surface area contributed by atoms with Gasteiger partial charge in [0.1, 0.15) is 16.2 Å². The average molecular weight is 295 g/mol. The van der Waals surface area contributed by atoms with E-state index in [4.69, 9.17) is 4.74 Å². The van der Waals surface area contributed by atoms with Crippen molar-refractivity contribution in [2.75, 3.05) is 7.05 Å². The van der Waals surface area contributed by atoms with E-state index in [2.05, 4.69) is 0 Å². The number of benzene rings is 1. The zero-order valence-corrected chi connectivity index (χ0v) is 13.0. The van der Waals surface area contributed by atoms with Crippen LogP contribution in [0.1, 0.15) is 38.7 Å². The van der Waals surface area contributed by atoms with Gasteiger partial charge in [-0.15, -0.1) is 0 Å². The Labute approximate surface area is 120 Å². The van der Waals surface area contributed by atoms with E-state index >= 15 is 0 Å². The third kappa shape index (κ3) is 2.13. The molecule has 0 saturated heterocycles. The number of ether oxygens (including phenoxy) is 1. The molecule has 20 heavy (non-hydrogen) atoms. The Balaban J connectivity index is 2.01.